The van der Waals surface area contributed by atoms with Crippen LogP contribution in [0.3, 0.4) is 0 Å². The summed E-state index contributed by atoms with van der Waals surface area (Å²) in [5.74, 6) is 0. The van der Waals surface area contributed by atoms with Crippen molar-refractivity contribution in [1.82, 2.24) is 4.98 Å². The Morgan fingerprint density at radius 3 is 2.73 bits per heavy atom. The molecule has 0 bridgehead atoms. The lowest BCUT2D eigenvalue weighted by atomic mass is 10.1. The fraction of sp³-hybridized carbons (Fsp3) is 0.500. The molecule has 0 amide bonds. The number of aryl methyl sites for hydroxylation is 1. The van der Waals surface area contributed by atoms with Crippen LogP contribution in [0, 0.1) is 6.92 Å². The molecular weight excluding hydrogens is 536 g/mol. The average molecular weight is 555 g/mol. The number of alkyl halides is 3. The zero-order valence-electron chi connectivity index (χ0n) is 14.2. The van der Waals surface area contributed by atoms with E-state index in [4.69, 9.17) is 39.5 Å². The summed E-state index contributed by atoms with van der Waals surface area (Å²) in [6.07, 6.45) is 3.24. The molecule has 146 valence electrons. The summed E-state index contributed by atoms with van der Waals surface area (Å²) in [4.78, 5) is 15.7. The summed E-state index contributed by atoms with van der Waals surface area (Å²) in [6.45, 7) is 3.56. The van der Waals surface area contributed by atoms with Crippen LogP contribution >= 0.6 is 68.7 Å². The molecular formula is C16H19Cl3INO4S. The molecule has 1 aromatic heterocycles. The molecule has 1 N–H and O–H groups in total. The van der Waals surface area contributed by atoms with Gasteiger partial charge in [0.2, 0.25) is 3.79 Å². The zero-order valence-corrected chi connectivity index (χ0v) is 19.4. The monoisotopic (exact) mass is 553 g/mol. The predicted octanol–water partition coefficient (Wildman–Crippen LogP) is 5.84. The molecule has 1 heterocycles. The lowest BCUT2D eigenvalue weighted by molar-refractivity contribution is 0.0577. The van der Waals surface area contributed by atoms with E-state index in [1.54, 1.807) is 11.3 Å². The Balaban J connectivity index is 2.34. The van der Waals surface area contributed by atoms with E-state index in [-0.39, 0.29) is 13.2 Å². The Morgan fingerprint density at radius 1 is 1.46 bits per heavy atom. The van der Waals surface area contributed by atoms with Crippen LogP contribution in [0.2, 0.25) is 0 Å². The zero-order chi connectivity index (χ0) is 19.7. The number of hydrogen-bond donors (Lipinski definition) is 1. The molecule has 26 heavy (non-hydrogen) atoms. The first-order valence-electron chi connectivity index (χ1n) is 7.56. The van der Waals surface area contributed by atoms with Crippen molar-refractivity contribution in [3.63, 3.8) is 0 Å². The number of aliphatic hydroxyl groups excluding tert-OH is 1. The van der Waals surface area contributed by atoms with Crippen LogP contribution in [-0.2, 0) is 9.47 Å². The fourth-order valence-electron chi connectivity index (χ4n) is 1.72. The second kappa shape index (κ2) is 11.7. The average Bonchev–Trinajstić information content (AvgIpc) is 2.94. The van der Waals surface area contributed by atoms with E-state index >= 15 is 0 Å². The molecule has 0 saturated carbocycles. The number of thiazole rings is 1. The Labute approximate surface area is 185 Å². The number of rotatable bonds is 8. The van der Waals surface area contributed by atoms with Gasteiger partial charge in [0.1, 0.15) is 6.61 Å². The van der Waals surface area contributed by atoms with Crippen molar-refractivity contribution in [3.05, 3.63) is 31.3 Å². The maximum Gasteiger partial charge on any atom is 0.508 e. The van der Waals surface area contributed by atoms with Gasteiger partial charge in [-0.25, -0.2) is 9.78 Å². The molecule has 10 heteroatoms. The second-order valence-corrected chi connectivity index (χ2v) is 10.3. The first kappa shape index (κ1) is 24.0. The highest BCUT2D eigenvalue weighted by atomic mass is 127. The molecule has 1 rings (SSSR count). The molecule has 5 nitrogen and oxygen atoms in total. The summed E-state index contributed by atoms with van der Waals surface area (Å²) in [5.41, 5.74) is 1.69. The third-order valence-corrected chi connectivity index (χ3v) is 5.11. The minimum Gasteiger partial charge on any atom is -0.434 e. The first-order valence-corrected chi connectivity index (χ1v) is 10.7. The van der Waals surface area contributed by atoms with E-state index in [9.17, 15) is 9.90 Å². The second-order valence-electron chi connectivity index (χ2n) is 5.33. The van der Waals surface area contributed by atoms with Crippen molar-refractivity contribution in [2.24, 2.45) is 0 Å². The van der Waals surface area contributed by atoms with Gasteiger partial charge >= 0.3 is 6.16 Å². The van der Waals surface area contributed by atoms with Gasteiger partial charge in [0.15, 0.2) is 0 Å². The first-order chi connectivity index (χ1) is 12.1. The topological polar surface area (TPSA) is 68.7 Å². The van der Waals surface area contributed by atoms with E-state index in [0.29, 0.717) is 12.8 Å². The van der Waals surface area contributed by atoms with Gasteiger partial charge < -0.3 is 14.6 Å². The van der Waals surface area contributed by atoms with Gasteiger partial charge in [-0.05, 0) is 58.1 Å². The largest absolute Gasteiger partial charge is 0.508 e. The van der Waals surface area contributed by atoms with Gasteiger partial charge in [0.25, 0.3) is 0 Å². The Kier molecular flexibility index (Phi) is 10.8. The summed E-state index contributed by atoms with van der Waals surface area (Å²) >= 11 is 20.1. The molecule has 1 atom stereocenters. The lowest BCUT2D eigenvalue weighted by Gasteiger charge is -2.11. The van der Waals surface area contributed by atoms with Crippen LogP contribution < -0.4 is 0 Å². The molecule has 0 saturated heterocycles. The smallest absolute Gasteiger partial charge is 0.434 e. The highest BCUT2D eigenvalue weighted by Gasteiger charge is 2.22. The van der Waals surface area contributed by atoms with E-state index in [1.807, 2.05) is 31.4 Å². The number of halogens is 4. The third-order valence-electron chi connectivity index (χ3n) is 3.02. The van der Waals surface area contributed by atoms with Crippen LogP contribution in [0.1, 0.15) is 30.5 Å². The van der Waals surface area contributed by atoms with Crippen LogP contribution in [-0.4, -0.2) is 39.4 Å². The van der Waals surface area contributed by atoms with Crippen LogP contribution in [0.4, 0.5) is 4.79 Å². The van der Waals surface area contributed by atoms with Crippen molar-refractivity contribution in [1.29, 1.82) is 0 Å². The highest BCUT2D eigenvalue weighted by molar-refractivity contribution is 14.1. The SMILES string of the molecule is C/C(=C\c1csc(C)n1)[C@@H](O)C/C=C(\I)CCOC(=O)OCC(Cl)(Cl)Cl. The van der Waals surface area contributed by atoms with Crippen molar-refractivity contribution in [3.8, 4) is 0 Å². The highest BCUT2D eigenvalue weighted by Crippen LogP contribution is 2.26. The van der Waals surface area contributed by atoms with E-state index < -0.39 is 16.1 Å². The number of carbonyl (C=O) groups is 1. The maximum absolute atomic E-state index is 11.3. The number of nitrogens with zero attached hydrogens (tertiary/aromatic N) is 1. The quantitative estimate of drug-likeness (QED) is 0.249. The van der Waals surface area contributed by atoms with Crippen molar-refractivity contribution < 1.29 is 19.4 Å². The van der Waals surface area contributed by atoms with Gasteiger partial charge in [0.05, 0.1) is 23.4 Å². The standard InChI is InChI=1S/C16H19Cl3INO4S/c1-10(7-13-8-26-11(2)21-13)14(22)4-3-12(20)5-6-24-15(23)25-9-16(17,18)19/h3,7-8,14,22H,4-6,9H2,1-2H3/b10-7+,12-3-/t14-/m0/s1. The number of ether oxygens (including phenoxy) is 2. The van der Waals surface area contributed by atoms with Crippen LogP contribution in [0.15, 0.2) is 20.6 Å². The van der Waals surface area contributed by atoms with Crippen molar-refractivity contribution >= 4 is 81.0 Å². The van der Waals surface area contributed by atoms with Gasteiger partial charge in [-0.2, -0.15) is 0 Å². The number of hydrogen-bond acceptors (Lipinski definition) is 6. The molecule has 0 aliphatic rings. The van der Waals surface area contributed by atoms with Crippen molar-refractivity contribution in [2.45, 2.75) is 36.6 Å². The molecule has 0 aliphatic carbocycles. The summed E-state index contributed by atoms with van der Waals surface area (Å²) < 4.78 is 8.82. The molecule has 0 aliphatic heterocycles. The van der Waals surface area contributed by atoms with Crippen LogP contribution in [0.5, 0.6) is 0 Å². The Hall–Kier alpha value is -0.0600. The summed E-state index contributed by atoms with van der Waals surface area (Å²) in [5, 5.41) is 13.1. The maximum atomic E-state index is 11.3. The fourth-order valence-corrected chi connectivity index (χ4v) is 2.93. The van der Waals surface area contributed by atoms with Gasteiger partial charge in [-0.1, -0.05) is 40.9 Å². The summed E-state index contributed by atoms with van der Waals surface area (Å²) in [7, 11) is 0. The predicted molar refractivity (Wildman–Crippen MR) is 115 cm³/mol. The molecule has 0 aromatic carbocycles. The Bertz CT molecular complexity index is 658. The van der Waals surface area contributed by atoms with Gasteiger partial charge in [-0.15, -0.1) is 11.3 Å². The van der Waals surface area contributed by atoms with Crippen LogP contribution in [0.25, 0.3) is 6.08 Å². The van der Waals surface area contributed by atoms with E-state index in [1.165, 1.54) is 0 Å². The van der Waals surface area contributed by atoms with Gasteiger partial charge in [-0.3, -0.25) is 0 Å². The normalized spacial score (nSPS) is 14.3. The number of aliphatic hydroxyl groups is 1. The Morgan fingerprint density at radius 2 is 2.15 bits per heavy atom. The molecule has 0 fully saturated rings. The molecule has 0 spiro atoms. The third kappa shape index (κ3) is 10.9. The molecule has 0 radical (unpaired) electrons. The minimum absolute atomic E-state index is 0.135. The van der Waals surface area contributed by atoms with Gasteiger partial charge in [0, 0.05) is 11.8 Å². The summed E-state index contributed by atoms with van der Waals surface area (Å²) in [6, 6.07) is 0. The van der Waals surface area contributed by atoms with E-state index in [0.717, 1.165) is 19.9 Å². The van der Waals surface area contributed by atoms with Crippen molar-refractivity contribution in [2.75, 3.05) is 13.2 Å². The molecule has 1 aromatic rings. The molecule has 0 unspecified atom stereocenters. The number of carbonyl (C=O) groups excluding carboxylic acids is 1. The minimum atomic E-state index is -1.66. The number of aromatic nitrogens is 1. The lowest BCUT2D eigenvalue weighted by Crippen LogP contribution is -2.18. The van der Waals surface area contributed by atoms with E-state index in [2.05, 4.69) is 32.3 Å².